The largest absolute Gasteiger partial charge is 0.463 e. The molecule has 1 amide bonds. The topological polar surface area (TPSA) is 70.5 Å². The van der Waals surface area contributed by atoms with E-state index in [9.17, 15) is 10.1 Å². The summed E-state index contributed by atoms with van der Waals surface area (Å²) in [5.41, 5.74) is -0.851. The Labute approximate surface area is 146 Å². The smallest absolute Gasteiger partial charge is 0.276 e. The molecule has 0 radical (unpaired) electrons. The fourth-order valence-corrected chi connectivity index (χ4v) is 3.15. The maximum absolute atomic E-state index is 12.5. The van der Waals surface area contributed by atoms with Crippen molar-refractivity contribution < 1.29 is 14.1 Å². The number of hydrogen-bond donors (Lipinski definition) is 2. The number of amides is 1. The van der Waals surface area contributed by atoms with Crippen LogP contribution in [-0.2, 0) is 17.9 Å². The van der Waals surface area contributed by atoms with Crippen LogP contribution in [0.5, 0.6) is 0 Å². The lowest BCUT2D eigenvalue weighted by atomic mass is 9.90. The molecule has 2 N–H and O–H groups in total. The molecule has 2 rings (SSSR count). The van der Waals surface area contributed by atoms with E-state index < -0.39 is 5.54 Å². The van der Waals surface area contributed by atoms with Crippen molar-refractivity contribution >= 4 is 17.2 Å². The standard InChI is InChI=1S/C18H23N3O2S/c1-14(2)18(3,13-19)20-17(22)12-21(10-15-6-4-8-23-15)11-16-7-5-9-24-16/h4-9,14H,10-12H2,1-3H3,(H,20,22)/p+1/t18-/m1/s1. The van der Waals surface area contributed by atoms with E-state index in [1.807, 2.05) is 37.4 Å². The monoisotopic (exact) mass is 346 g/mol. The molecule has 0 aromatic carbocycles. The van der Waals surface area contributed by atoms with E-state index in [0.717, 1.165) is 17.2 Å². The molecule has 0 aliphatic heterocycles. The summed E-state index contributed by atoms with van der Waals surface area (Å²) in [6.07, 6.45) is 1.64. The van der Waals surface area contributed by atoms with Crippen molar-refractivity contribution in [2.75, 3.05) is 6.54 Å². The van der Waals surface area contributed by atoms with Gasteiger partial charge in [0.15, 0.2) is 12.3 Å². The first kappa shape index (κ1) is 18.2. The van der Waals surface area contributed by atoms with Crippen LogP contribution in [0.1, 0.15) is 31.4 Å². The number of nitrogens with one attached hydrogen (secondary N) is 2. The maximum Gasteiger partial charge on any atom is 0.276 e. The average Bonchev–Trinajstić information content (AvgIpc) is 3.20. The lowest BCUT2D eigenvalue weighted by Crippen LogP contribution is -3.10. The van der Waals surface area contributed by atoms with Crippen LogP contribution < -0.4 is 10.2 Å². The molecule has 2 aromatic rings. The number of nitriles is 1. The summed E-state index contributed by atoms with van der Waals surface area (Å²) in [5, 5.41) is 14.3. The lowest BCUT2D eigenvalue weighted by molar-refractivity contribution is -0.920. The van der Waals surface area contributed by atoms with Crippen molar-refractivity contribution in [2.45, 2.75) is 39.4 Å². The van der Waals surface area contributed by atoms with E-state index in [4.69, 9.17) is 4.42 Å². The fourth-order valence-electron chi connectivity index (χ4n) is 2.37. The van der Waals surface area contributed by atoms with Crippen molar-refractivity contribution in [1.82, 2.24) is 5.32 Å². The molecule has 2 heterocycles. The normalized spacial score (nSPS) is 14.8. The van der Waals surface area contributed by atoms with Gasteiger partial charge in [0, 0.05) is 0 Å². The van der Waals surface area contributed by atoms with Crippen LogP contribution in [0.2, 0.25) is 0 Å². The molecule has 2 atom stereocenters. The Balaban J connectivity index is 2.04. The highest BCUT2D eigenvalue weighted by Crippen LogP contribution is 2.14. The number of carbonyl (C=O) groups excluding carboxylic acids is 1. The van der Waals surface area contributed by atoms with Gasteiger partial charge in [0.1, 0.15) is 18.6 Å². The molecule has 5 nitrogen and oxygen atoms in total. The Morgan fingerprint density at radius 2 is 2.21 bits per heavy atom. The first-order valence-corrected chi connectivity index (χ1v) is 8.91. The highest BCUT2D eigenvalue weighted by molar-refractivity contribution is 7.09. The summed E-state index contributed by atoms with van der Waals surface area (Å²) in [6.45, 7) is 7.30. The minimum absolute atomic E-state index is 0.0391. The van der Waals surface area contributed by atoms with Gasteiger partial charge in [0.25, 0.3) is 5.91 Å². The molecule has 24 heavy (non-hydrogen) atoms. The SMILES string of the molecule is CC(C)[C@@](C)(C#N)NC(=O)C[NH+](Cc1ccco1)Cc1cccs1. The molecular weight excluding hydrogens is 322 g/mol. The van der Waals surface area contributed by atoms with Gasteiger partial charge >= 0.3 is 0 Å². The Hall–Kier alpha value is -2.10. The molecule has 0 spiro atoms. The molecule has 0 saturated carbocycles. The second-order valence-electron chi connectivity index (χ2n) is 6.46. The van der Waals surface area contributed by atoms with Crippen LogP contribution in [-0.4, -0.2) is 18.0 Å². The zero-order valence-electron chi connectivity index (χ0n) is 14.3. The van der Waals surface area contributed by atoms with Crippen LogP contribution in [0.4, 0.5) is 0 Å². The van der Waals surface area contributed by atoms with Gasteiger partial charge in [-0.25, -0.2) is 0 Å². The highest BCUT2D eigenvalue weighted by atomic mass is 32.1. The third kappa shape index (κ3) is 4.95. The first-order valence-electron chi connectivity index (χ1n) is 8.03. The van der Waals surface area contributed by atoms with Gasteiger partial charge in [-0.15, -0.1) is 11.3 Å². The van der Waals surface area contributed by atoms with Crippen molar-refractivity contribution in [1.29, 1.82) is 5.26 Å². The molecule has 0 aliphatic rings. The van der Waals surface area contributed by atoms with E-state index in [1.165, 1.54) is 4.88 Å². The number of thiophene rings is 1. The number of quaternary nitrogens is 1. The highest BCUT2D eigenvalue weighted by Gasteiger charge is 2.31. The molecule has 2 aromatic heterocycles. The number of rotatable bonds is 8. The molecule has 1 unspecified atom stereocenters. The van der Waals surface area contributed by atoms with Gasteiger partial charge in [0.05, 0.1) is 17.2 Å². The van der Waals surface area contributed by atoms with Gasteiger partial charge in [-0.3, -0.25) is 4.79 Å². The van der Waals surface area contributed by atoms with Crippen LogP contribution in [0, 0.1) is 17.2 Å². The van der Waals surface area contributed by atoms with Crippen molar-refractivity contribution in [3.8, 4) is 6.07 Å². The van der Waals surface area contributed by atoms with Gasteiger partial charge in [-0.05, 0) is 36.4 Å². The number of carbonyl (C=O) groups is 1. The van der Waals surface area contributed by atoms with Gasteiger partial charge in [-0.2, -0.15) is 5.26 Å². The number of nitrogens with zero attached hydrogens (tertiary/aromatic N) is 1. The van der Waals surface area contributed by atoms with E-state index in [-0.39, 0.29) is 11.8 Å². The van der Waals surface area contributed by atoms with Crippen LogP contribution in [0.25, 0.3) is 0 Å². The Kier molecular flexibility index (Phi) is 6.18. The minimum atomic E-state index is -0.851. The molecule has 0 fully saturated rings. The molecular formula is C18H24N3O2S+. The number of furan rings is 1. The summed E-state index contributed by atoms with van der Waals surface area (Å²) < 4.78 is 5.42. The first-order chi connectivity index (χ1) is 11.4. The van der Waals surface area contributed by atoms with Crippen LogP contribution in [0.3, 0.4) is 0 Å². The van der Waals surface area contributed by atoms with Crippen molar-refractivity contribution in [3.05, 3.63) is 46.5 Å². The van der Waals surface area contributed by atoms with Crippen LogP contribution >= 0.6 is 11.3 Å². The van der Waals surface area contributed by atoms with Gasteiger partial charge in [0.2, 0.25) is 0 Å². The quantitative estimate of drug-likeness (QED) is 0.768. The van der Waals surface area contributed by atoms with E-state index in [2.05, 4.69) is 17.5 Å². The second kappa shape index (κ2) is 8.13. The van der Waals surface area contributed by atoms with E-state index >= 15 is 0 Å². The fraction of sp³-hybridized carbons (Fsp3) is 0.444. The molecule has 128 valence electrons. The van der Waals surface area contributed by atoms with Crippen LogP contribution in [0.15, 0.2) is 40.3 Å². The Bertz CT molecular complexity index is 637. The Morgan fingerprint density at radius 3 is 2.75 bits per heavy atom. The molecule has 0 saturated heterocycles. The summed E-state index contributed by atoms with van der Waals surface area (Å²) in [6, 6.07) is 10.1. The maximum atomic E-state index is 12.5. The third-order valence-electron chi connectivity index (χ3n) is 4.21. The predicted molar refractivity (Wildman–Crippen MR) is 93.3 cm³/mol. The van der Waals surface area contributed by atoms with E-state index in [0.29, 0.717) is 13.1 Å². The van der Waals surface area contributed by atoms with Crippen molar-refractivity contribution in [3.63, 3.8) is 0 Å². The minimum Gasteiger partial charge on any atom is -0.463 e. The number of hydrogen-bond acceptors (Lipinski definition) is 4. The van der Waals surface area contributed by atoms with Gasteiger partial charge in [-0.1, -0.05) is 19.9 Å². The molecule has 0 aliphatic carbocycles. The predicted octanol–water partition coefficient (Wildman–Crippen LogP) is 1.98. The van der Waals surface area contributed by atoms with E-state index in [1.54, 1.807) is 24.5 Å². The van der Waals surface area contributed by atoms with Gasteiger partial charge < -0.3 is 14.6 Å². The summed E-state index contributed by atoms with van der Waals surface area (Å²) >= 11 is 1.68. The van der Waals surface area contributed by atoms with Crippen molar-refractivity contribution in [2.24, 2.45) is 5.92 Å². The zero-order valence-corrected chi connectivity index (χ0v) is 15.2. The third-order valence-corrected chi connectivity index (χ3v) is 5.08. The summed E-state index contributed by atoms with van der Waals surface area (Å²) in [4.78, 5) is 14.8. The Morgan fingerprint density at radius 1 is 1.42 bits per heavy atom. The molecule has 0 bridgehead atoms. The molecule has 6 heteroatoms. The lowest BCUT2D eigenvalue weighted by Gasteiger charge is -2.28. The summed E-state index contributed by atoms with van der Waals surface area (Å²) in [5.74, 6) is 0.768. The average molecular weight is 346 g/mol. The zero-order chi connectivity index (χ0) is 17.6. The second-order valence-corrected chi connectivity index (χ2v) is 7.49. The summed E-state index contributed by atoms with van der Waals surface area (Å²) in [7, 11) is 0.